The molecule has 4 rings (SSSR count). The number of fused-ring (bicyclic) bond motifs is 2. The van der Waals surface area contributed by atoms with Crippen molar-refractivity contribution >= 4 is 27.3 Å². The molecule has 0 spiro atoms. The van der Waals surface area contributed by atoms with E-state index in [1.807, 2.05) is 28.8 Å². The highest BCUT2D eigenvalue weighted by molar-refractivity contribution is 7.92. The Morgan fingerprint density at radius 3 is 2.89 bits per heavy atom. The van der Waals surface area contributed by atoms with E-state index in [9.17, 15) is 13.2 Å². The van der Waals surface area contributed by atoms with Crippen molar-refractivity contribution in [3.05, 3.63) is 59.5 Å². The van der Waals surface area contributed by atoms with E-state index < -0.39 is 10.0 Å². The van der Waals surface area contributed by atoms with Crippen molar-refractivity contribution in [2.45, 2.75) is 19.3 Å². The van der Waals surface area contributed by atoms with Gasteiger partial charge in [-0.05, 0) is 48.7 Å². The van der Waals surface area contributed by atoms with Gasteiger partial charge >= 0.3 is 0 Å². The van der Waals surface area contributed by atoms with E-state index in [-0.39, 0.29) is 5.91 Å². The van der Waals surface area contributed by atoms with Crippen molar-refractivity contribution in [3.63, 3.8) is 0 Å². The van der Waals surface area contributed by atoms with Crippen molar-refractivity contribution < 1.29 is 13.2 Å². The average molecular weight is 399 g/mol. The lowest BCUT2D eigenvalue weighted by Gasteiger charge is -2.29. The topological polar surface area (TPSA) is 96.7 Å². The molecule has 1 N–H and O–H groups in total. The third-order valence-electron chi connectivity index (χ3n) is 4.84. The summed E-state index contributed by atoms with van der Waals surface area (Å²) in [5, 5.41) is 11.1. The Balaban J connectivity index is 1.44. The number of rotatable bonds is 5. The van der Waals surface area contributed by atoms with Crippen LogP contribution in [0.4, 0.5) is 5.69 Å². The zero-order valence-corrected chi connectivity index (χ0v) is 16.3. The molecule has 0 unspecified atom stereocenters. The summed E-state index contributed by atoms with van der Waals surface area (Å²) in [5.41, 5.74) is 2.85. The first-order valence-electron chi connectivity index (χ1n) is 9.11. The summed E-state index contributed by atoms with van der Waals surface area (Å²) in [6, 6.07) is 10.9. The Morgan fingerprint density at radius 1 is 1.21 bits per heavy atom. The van der Waals surface area contributed by atoms with Gasteiger partial charge in [0.25, 0.3) is 5.91 Å². The van der Waals surface area contributed by atoms with E-state index >= 15 is 0 Å². The first kappa shape index (κ1) is 18.4. The van der Waals surface area contributed by atoms with Crippen molar-refractivity contribution in [1.29, 1.82) is 0 Å². The zero-order valence-electron chi connectivity index (χ0n) is 15.5. The zero-order chi connectivity index (χ0) is 19.7. The van der Waals surface area contributed by atoms with Crippen LogP contribution in [-0.2, 0) is 22.9 Å². The van der Waals surface area contributed by atoms with Crippen LogP contribution in [0, 0.1) is 0 Å². The minimum absolute atomic E-state index is 0.187. The van der Waals surface area contributed by atoms with E-state index in [4.69, 9.17) is 0 Å². The van der Waals surface area contributed by atoms with Crippen LogP contribution < -0.4 is 9.62 Å². The molecule has 0 fully saturated rings. The van der Waals surface area contributed by atoms with Gasteiger partial charge in [0.05, 0.1) is 11.9 Å². The molecule has 0 aliphatic carbocycles. The Hall–Kier alpha value is -2.94. The number of benzene rings is 1. The third kappa shape index (κ3) is 3.57. The summed E-state index contributed by atoms with van der Waals surface area (Å²) in [4.78, 5) is 12.5. The van der Waals surface area contributed by atoms with Crippen LogP contribution in [0.15, 0.2) is 42.6 Å². The van der Waals surface area contributed by atoms with E-state index in [2.05, 4.69) is 15.5 Å². The van der Waals surface area contributed by atoms with Gasteiger partial charge in [-0.2, -0.15) is 0 Å². The highest BCUT2D eigenvalue weighted by Gasteiger charge is 2.24. The van der Waals surface area contributed by atoms with Crippen molar-refractivity contribution in [2.24, 2.45) is 0 Å². The van der Waals surface area contributed by atoms with Crippen LogP contribution in [0.25, 0.3) is 5.65 Å². The highest BCUT2D eigenvalue weighted by Crippen LogP contribution is 2.29. The molecule has 0 saturated carbocycles. The minimum Gasteiger partial charge on any atom is -0.352 e. The molecule has 8 nitrogen and oxygen atoms in total. The number of amides is 1. The SMILES string of the molecule is CS(=O)(=O)N1CCCc2cc(C(=O)NCCc3nnc4ccccn34)ccc21. The maximum Gasteiger partial charge on any atom is 0.251 e. The first-order valence-corrected chi connectivity index (χ1v) is 11.0. The molecule has 0 saturated heterocycles. The maximum atomic E-state index is 12.5. The molecule has 28 heavy (non-hydrogen) atoms. The molecule has 0 radical (unpaired) electrons. The predicted octanol–water partition coefficient (Wildman–Crippen LogP) is 1.41. The van der Waals surface area contributed by atoms with Crippen molar-refractivity contribution in [1.82, 2.24) is 19.9 Å². The van der Waals surface area contributed by atoms with E-state index in [1.165, 1.54) is 10.6 Å². The van der Waals surface area contributed by atoms with Gasteiger partial charge in [-0.15, -0.1) is 10.2 Å². The molecule has 0 atom stereocenters. The Morgan fingerprint density at radius 2 is 2.07 bits per heavy atom. The van der Waals surface area contributed by atoms with E-state index in [0.29, 0.717) is 30.8 Å². The fraction of sp³-hybridized carbons (Fsp3) is 0.316. The number of nitrogens with zero attached hydrogens (tertiary/aromatic N) is 4. The molecule has 0 bridgehead atoms. The quantitative estimate of drug-likeness (QED) is 0.700. The molecule has 3 heterocycles. The first-order chi connectivity index (χ1) is 13.4. The Bertz CT molecular complexity index is 1140. The van der Waals surface area contributed by atoms with Gasteiger partial charge in [0.15, 0.2) is 5.65 Å². The molecule has 1 aliphatic rings. The van der Waals surface area contributed by atoms with Gasteiger partial charge in [-0.25, -0.2) is 8.42 Å². The number of nitrogens with one attached hydrogen (secondary N) is 1. The number of pyridine rings is 1. The van der Waals surface area contributed by atoms with Gasteiger partial charge in [-0.1, -0.05) is 6.07 Å². The number of carbonyl (C=O) groups is 1. The lowest BCUT2D eigenvalue weighted by molar-refractivity contribution is 0.0954. The second-order valence-electron chi connectivity index (χ2n) is 6.83. The number of anilines is 1. The van der Waals surface area contributed by atoms with Gasteiger partial charge < -0.3 is 5.32 Å². The fourth-order valence-electron chi connectivity index (χ4n) is 3.50. The third-order valence-corrected chi connectivity index (χ3v) is 6.02. The summed E-state index contributed by atoms with van der Waals surface area (Å²) in [6.07, 6.45) is 5.16. The van der Waals surface area contributed by atoms with E-state index in [0.717, 1.165) is 29.9 Å². The number of aromatic nitrogens is 3. The van der Waals surface area contributed by atoms with Crippen LogP contribution in [-0.4, -0.2) is 48.3 Å². The number of sulfonamides is 1. The second kappa shape index (κ2) is 7.23. The lowest BCUT2D eigenvalue weighted by atomic mass is 10.0. The van der Waals surface area contributed by atoms with Crippen molar-refractivity contribution in [2.75, 3.05) is 23.7 Å². The van der Waals surface area contributed by atoms with Crippen molar-refractivity contribution in [3.8, 4) is 0 Å². The standard InChI is InChI=1S/C19H21N5O3S/c1-28(26,27)24-12-4-5-14-13-15(7-8-16(14)24)19(25)20-10-9-18-22-21-17-6-2-3-11-23(17)18/h2-3,6-8,11,13H,4-5,9-10,12H2,1H3,(H,20,25). The predicted molar refractivity (Wildman–Crippen MR) is 106 cm³/mol. The van der Waals surface area contributed by atoms with Gasteiger partial charge in [0.2, 0.25) is 10.0 Å². The molecule has 9 heteroatoms. The molecule has 3 aromatic rings. The number of aryl methyl sites for hydroxylation is 1. The number of carbonyl (C=O) groups excluding carboxylic acids is 1. The average Bonchev–Trinajstić information content (AvgIpc) is 3.09. The number of hydrogen-bond acceptors (Lipinski definition) is 5. The highest BCUT2D eigenvalue weighted by atomic mass is 32.2. The molecule has 2 aromatic heterocycles. The Kier molecular flexibility index (Phi) is 4.76. The lowest BCUT2D eigenvalue weighted by Crippen LogP contribution is -2.34. The smallest absolute Gasteiger partial charge is 0.251 e. The summed E-state index contributed by atoms with van der Waals surface area (Å²) in [6.45, 7) is 0.907. The monoisotopic (exact) mass is 399 g/mol. The molecular weight excluding hydrogens is 378 g/mol. The van der Waals surface area contributed by atoms with Gasteiger partial charge in [0.1, 0.15) is 5.82 Å². The van der Waals surface area contributed by atoms with E-state index in [1.54, 1.807) is 18.2 Å². The van der Waals surface area contributed by atoms with Crippen LogP contribution in [0.5, 0.6) is 0 Å². The normalized spacial score (nSPS) is 14.1. The fourth-order valence-corrected chi connectivity index (χ4v) is 4.50. The van der Waals surface area contributed by atoms with Crippen LogP contribution in [0.2, 0.25) is 0 Å². The molecular formula is C19H21N5O3S. The summed E-state index contributed by atoms with van der Waals surface area (Å²) in [5.74, 6) is 0.596. The van der Waals surface area contributed by atoms with Crippen LogP contribution in [0.3, 0.4) is 0 Å². The van der Waals surface area contributed by atoms with Gasteiger partial charge in [-0.3, -0.25) is 13.5 Å². The Labute approximate surface area is 163 Å². The molecule has 1 amide bonds. The second-order valence-corrected chi connectivity index (χ2v) is 8.74. The van der Waals surface area contributed by atoms with Gasteiger partial charge in [0, 0.05) is 31.3 Å². The minimum atomic E-state index is -3.31. The largest absolute Gasteiger partial charge is 0.352 e. The van der Waals surface area contributed by atoms with Crippen LogP contribution in [0.1, 0.15) is 28.2 Å². The molecule has 146 valence electrons. The molecule has 1 aliphatic heterocycles. The summed E-state index contributed by atoms with van der Waals surface area (Å²) >= 11 is 0. The molecule has 1 aromatic carbocycles. The number of hydrogen-bond donors (Lipinski definition) is 1. The van der Waals surface area contributed by atoms with Crippen LogP contribution >= 0.6 is 0 Å². The summed E-state index contributed by atoms with van der Waals surface area (Å²) in [7, 11) is -3.31. The maximum absolute atomic E-state index is 12.5. The summed E-state index contributed by atoms with van der Waals surface area (Å²) < 4.78 is 27.2.